The fourth-order valence-corrected chi connectivity index (χ4v) is 3.25. The smallest absolute Gasteiger partial charge is 0.129 e. The topological polar surface area (TPSA) is 41.6 Å². The zero-order valence-corrected chi connectivity index (χ0v) is 13.3. The van der Waals surface area contributed by atoms with E-state index in [1.807, 2.05) is 31.3 Å². The predicted octanol–water partition coefficient (Wildman–Crippen LogP) is 4.18. The summed E-state index contributed by atoms with van der Waals surface area (Å²) in [4.78, 5) is 0. The molecule has 1 heterocycles. The Morgan fingerprint density at radius 1 is 1.14 bits per heavy atom. The van der Waals surface area contributed by atoms with Gasteiger partial charge in [0.15, 0.2) is 0 Å². The number of hydrazone groups is 1. The van der Waals surface area contributed by atoms with Crippen LogP contribution in [0.25, 0.3) is 0 Å². The van der Waals surface area contributed by atoms with Crippen molar-refractivity contribution in [3.8, 4) is 0 Å². The number of nitrogens with two attached hydrogens (primary N) is 1. The first-order valence-electron chi connectivity index (χ1n) is 6.74. The molecule has 3 nitrogen and oxygen atoms in total. The molecular formula is C16H14Cl2FN3. The molecule has 0 aliphatic carbocycles. The Morgan fingerprint density at radius 3 is 2.45 bits per heavy atom. The third kappa shape index (κ3) is 2.64. The molecule has 114 valence electrons. The van der Waals surface area contributed by atoms with Crippen LogP contribution < -0.4 is 5.73 Å². The molecule has 2 aromatic carbocycles. The van der Waals surface area contributed by atoms with Gasteiger partial charge in [-0.15, -0.1) is 0 Å². The van der Waals surface area contributed by atoms with Crippen molar-refractivity contribution in [1.29, 1.82) is 0 Å². The second kappa shape index (κ2) is 5.78. The van der Waals surface area contributed by atoms with Gasteiger partial charge in [-0.1, -0.05) is 41.4 Å². The number of amidine groups is 1. The lowest BCUT2D eigenvalue weighted by Crippen LogP contribution is -2.25. The van der Waals surface area contributed by atoms with Gasteiger partial charge in [0.05, 0.1) is 12.0 Å². The highest BCUT2D eigenvalue weighted by atomic mass is 35.5. The van der Waals surface area contributed by atoms with Crippen LogP contribution in [0.1, 0.15) is 23.1 Å². The summed E-state index contributed by atoms with van der Waals surface area (Å²) in [6.07, 6.45) is 0. The molecule has 1 aliphatic rings. The van der Waals surface area contributed by atoms with Crippen LogP contribution >= 0.6 is 23.2 Å². The first-order chi connectivity index (χ1) is 10.5. The van der Waals surface area contributed by atoms with Crippen LogP contribution in [0.5, 0.6) is 0 Å². The van der Waals surface area contributed by atoms with Crippen LogP contribution in [0, 0.1) is 5.82 Å². The molecule has 0 fully saturated rings. The Hall–Kier alpha value is -1.78. The third-order valence-corrected chi connectivity index (χ3v) is 4.40. The summed E-state index contributed by atoms with van der Waals surface area (Å²) < 4.78 is 13.3. The minimum absolute atomic E-state index is 0.111. The third-order valence-electron chi connectivity index (χ3n) is 3.82. The van der Waals surface area contributed by atoms with Gasteiger partial charge in [-0.05, 0) is 35.4 Å². The highest BCUT2D eigenvalue weighted by molar-refractivity contribution is 6.31. The molecule has 0 amide bonds. The van der Waals surface area contributed by atoms with Crippen molar-refractivity contribution in [2.75, 3.05) is 7.05 Å². The molecule has 0 saturated heterocycles. The van der Waals surface area contributed by atoms with Crippen molar-refractivity contribution < 1.29 is 4.39 Å². The standard InChI is InChI=1S/C16H14Cl2FN3/c1-22-15(9-2-4-10(17)5-3-9)14(16(20)21-22)12-7-6-11(19)8-13(12)18/h2-8,14-15H,1H3,(H2,20,21). The first-order valence-corrected chi connectivity index (χ1v) is 7.50. The molecule has 0 bridgehead atoms. The van der Waals surface area contributed by atoms with E-state index in [0.29, 0.717) is 15.9 Å². The summed E-state index contributed by atoms with van der Waals surface area (Å²) in [5, 5.41) is 7.13. The SMILES string of the molecule is CN1N=C(N)C(c2ccc(F)cc2Cl)C1c1ccc(Cl)cc1. The van der Waals surface area contributed by atoms with Crippen molar-refractivity contribution >= 4 is 29.0 Å². The van der Waals surface area contributed by atoms with Crippen LogP contribution in [0.3, 0.4) is 0 Å². The molecule has 0 aromatic heterocycles. The maximum absolute atomic E-state index is 13.3. The van der Waals surface area contributed by atoms with E-state index in [1.165, 1.54) is 12.1 Å². The predicted molar refractivity (Wildman–Crippen MR) is 87.7 cm³/mol. The van der Waals surface area contributed by atoms with Crippen molar-refractivity contribution in [2.24, 2.45) is 10.8 Å². The fraction of sp³-hybridized carbons (Fsp3) is 0.188. The first kappa shape index (κ1) is 15.1. The van der Waals surface area contributed by atoms with Gasteiger partial charge in [-0.3, -0.25) is 5.01 Å². The van der Waals surface area contributed by atoms with Gasteiger partial charge in [-0.25, -0.2) is 4.39 Å². The molecule has 6 heteroatoms. The molecule has 2 N–H and O–H groups in total. The van der Waals surface area contributed by atoms with Crippen molar-refractivity contribution in [3.05, 3.63) is 69.5 Å². The van der Waals surface area contributed by atoms with Gasteiger partial charge in [-0.2, -0.15) is 5.10 Å². The molecule has 0 spiro atoms. The van der Waals surface area contributed by atoms with Gasteiger partial charge in [0.25, 0.3) is 0 Å². The second-order valence-electron chi connectivity index (χ2n) is 5.24. The highest BCUT2D eigenvalue weighted by Gasteiger charge is 2.37. The van der Waals surface area contributed by atoms with Crippen LogP contribution in [-0.2, 0) is 0 Å². The Kier molecular flexibility index (Phi) is 3.98. The van der Waals surface area contributed by atoms with E-state index in [1.54, 1.807) is 11.1 Å². The lowest BCUT2D eigenvalue weighted by Gasteiger charge is -2.26. The Morgan fingerprint density at radius 2 is 1.82 bits per heavy atom. The van der Waals surface area contributed by atoms with E-state index in [0.717, 1.165) is 11.1 Å². The van der Waals surface area contributed by atoms with E-state index in [-0.39, 0.29) is 17.8 Å². The number of halogens is 3. The summed E-state index contributed by atoms with van der Waals surface area (Å²) in [5.74, 6) is -0.158. The van der Waals surface area contributed by atoms with E-state index < -0.39 is 0 Å². The normalized spacial score (nSPS) is 21.1. The number of benzene rings is 2. The molecule has 3 rings (SSSR count). The zero-order chi connectivity index (χ0) is 15.9. The maximum atomic E-state index is 13.3. The van der Waals surface area contributed by atoms with Gasteiger partial charge in [0, 0.05) is 17.1 Å². The maximum Gasteiger partial charge on any atom is 0.129 e. The number of rotatable bonds is 2. The van der Waals surface area contributed by atoms with Gasteiger partial charge in [0.2, 0.25) is 0 Å². The van der Waals surface area contributed by atoms with Gasteiger partial charge >= 0.3 is 0 Å². The molecule has 0 saturated carbocycles. The molecule has 0 radical (unpaired) electrons. The summed E-state index contributed by atoms with van der Waals surface area (Å²) >= 11 is 12.2. The number of likely N-dealkylation sites (N-methyl/N-ethyl adjacent to an activating group) is 1. The van der Waals surface area contributed by atoms with Crippen LogP contribution in [-0.4, -0.2) is 17.9 Å². The summed E-state index contributed by atoms with van der Waals surface area (Å²) in [5.41, 5.74) is 7.87. The van der Waals surface area contributed by atoms with Crippen molar-refractivity contribution in [2.45, 2.75) is 12.0 Å². The molecule has 22 heavy (non-hydrogen) atoms. The number of hydrogen-bond donors (Lipinski definition) is 1. The Labute approximate surface area is 138 Å². The summed E-state index contributed by atoms with van der Waals surface area (Å²) in [6, 6.07) is 11.7. The molecule has 1 aliphatic heterocycles. The summed E-state index contributed by atoms with van der Waals surface area (Å²) in [7, 11) is 1.85. The number of nitrogens with zero attached hydrogens (tertiary/aromatic N) is 2. The van der Waals surface area contributed by atoms with Crippen LogP contribution in [0.15, 0.2) is 47.6 Å². The Bertz CT molecular complexity index is 731. The van der Waals surface area contributed by atoms with Crippen molar-refractivity contribution in [1.82, 2.24) is 5.01 Å². The number of hydrogen-bond acceptors (Lipinski definition) is 3. The van der Waals surface area contributed by atoms with E-state index in [9.17, 15) is 4.39 Å². The van der Waals surface area contributed by atoms with Crippen LogP contribution in [0.4, 0.5) is 4.39 Å². The van der Waals surface area contributed by atoms with E-state index in [4.69, 9.17) is 28.9 Å². The summed E-state index contributed by atoms with van der Waals surface area (Å²) in [6.45, 7) is 0. The Balaban J connectivity index is 2.06. The van der Waals surface area contributed by atoms with Gasteiger partial charge in [0.1, 0.15) is 11.7 Å². The minimum atomic E-state index is -0.376. The molecule has 2 aromatic rings. The lowest BCUT2D eigenvalue weighted by molar-refractivity contribution is 0.274. The molecule has 2 atom stereocenters. The zero-order valence-electron chi connectivity index (χ0n) is 11.8. The molecule has 2 unspecified atom stereocenters. The van der Waals surface area contributed by atoms with Crippen LogP contribution in [0.2, 0.25) is 10.0 Å². The minimum Gasteiger partial charge on any atom is -0.385 e. The average molecular weight is 338 g/mol. The monoisotopic (exact) mass is 337 g/mol. The highest BCUT2D eigenvalue weighted by Crippen LogP contribution is 2.42. The van der Waals surface area contributed by atoms with E-state index in [2.05, 4.69) is 5.10 Å². The second-order valence-corrected chi connectivity index (χ2v) is 6.08. The fourth-order valence-electron chi connectivity index (χ4n) is 2.84. The average Bonchev–Trinajstić information content (AvgIpc) is 2.75. The van der Waals surface area contributed by atoms with Crippen molar-refractivity contribution in [3.63, 3.8) is 0 Å². The molecular weight excluding hydrogens is 324 g/mol. The van der Waals surface area contributed by atoms with E-state index >= 15 is 0 Å². The largest absolute Gasteiger partial charge is 0.385 e. The quantitative estimate of drug-likeness (QED) is 0.893. The van der Waals surface area contributed by atoms with Gasteiger partial charge < -0.3 is 5.73 Å². The lowest BCUT2D eigenvalue weighted by atomic mass is 9.87.